The number of nitrogens with zero attached hydrogens (tertiary/aromatic N) is 3. The van der Waals surface area contributed by atoms with Crippen LogP contribution in [-0.4, -0.2) is 27.4 Å². The number of hydrogen-bond donors (Lipinski definition) is 0. The molecule has 0 amide bonds. The van der Waals surface area contributed by atoms with Crippen LogP contribution in [0.3, 0.4) is 0 Å². The van der Waals surface area contributed by atoms with Gasteiger partial charge >= 0.3 is 5.97 Å². The molecule has 5 rings (SSSR count). The maximum atomic E-state index is 11.8. The highest BCUT2D eigenvalue weighted by Gasteiger charge is 2.39. The van der Waals surface area contributed by atoms with Crippen LogP contribution in [0.2, 0.25) is 5.15 Å². The van der Waals surface area contributed by atoms with Crippen molar-refractivity contribution in [3.8, 4) is 17.0 Å². The quantitative estimate of drug-likeness (QED) is 0.375. The van der Waals surface area contributed by atoms with Gasteiger partial charge in [0.05, 0.1) is 18.7 Å². The summed E-state index contributed by atoms with van der Waals surface area (Å²) in [5.74, 6) is 1.56. The summed E-state index contributed by atoms with van der Waals surface area (Å²) < 4.78 is 12.9. The van der Waals surface area contributed by atoms with Crippen LogP contribution in [0.25, 0.3) is 16.8 Å². The number of benzene rings is 2. The van der Waals surface area contributed by atoms with Gasteiger partial charge in [0.15, 0.2) is 5.15 Å². The Morgan fingerprint density at radius 3 is 2.75 bits per heavy atom. The van der Waals surface area contributed by atoms with E-state index < -0.39 is 0 Å². The maximum absolute atomic E-state index is 11.8. The summed E-state index contributed by atoms with van der Waals surface area (Å²) in [5.41, 5.74) is 3.51. The molecule has 162 valence electrons. The van der Waals surface area contributed by atoms with Crippen LogP contribution in [0.15, 0.2) is 67.0 Å². The number of fused-ring (bicyclic) bond motifs is 1. The standard InChI is InChI=1S/C25H22ClN3O3/c1-31-25(30)19-12-18(13-19)24-28-21(22-23(26)27-10-11-29(22)24)17-8-5-9-20(14-17)32-15-16-6-3-2-4-7-16/h2-11,14,18-19H,12-13,15H2,1H3/t18-,19+. The summed E-state index contributed by atoms with van der Waals surface area (Å²) in [6, 6.07) is 17.9. The molecular formula is C25H22ClN3O3. The number of imidazole rings is 1. The molecule has 4 aromatic rings. The highest BCUT2D eigenvalue weighted by atomic mass is 35.5. The third-order valence-corrected chi connectivity index (χ3v) is 6.21. The van der Waals surface area contributed by atoms with Crippen LogP contribution in [0.5, 0.6) is 5.75 Å². The summed E-state index contributed by atoms with van der Waals surface area (Å²) in [6.45, 7) is 0.485. The zero-order valence-corrected chi connectivity index (χ0v) is 18.3. The Balaban J connectivity index is 1.46. The molecule has 1 aliphatic rings. The van der Waals surface area contributed by atoms with Gasteiger partial charge in [-0.05, 0) is 30.5 Å². The van der Waals surface area contributed by atoms with Gasteiger partial charge in [-0.1, -0.05) is 54.1 Å². The average Bonchev–Trinajstić information content (AvgIpc) is 3.18. The molecule has 1 aliphatic carbocycles. The molecule has 7 heteroatoms. The van der Waals surface area contributed by atoms with Crippen molar-refractivity contribution < 1.29 is 14.3 Å². The van der Waals surface area contributed by atoms with Crippen molar-refractivity contribution in [2.24, 2.45) is 5.92 Å². The monoisotopic (exact) mass is 447 g/mol. The van der Waals surface area contributed by atoms with E-state index in [-0.39, 0.29) is 17.8 Å². The normalized spacial score (nSPS) is 17.7. The van der Waals surface area contributed by atoms with Crippen LogP contribution >= 0.6 is 11.6 Å². The number of methoxy groups -OCH3 is 1. The van der Waals surface area contributed by atoms with Gasteiger partial charge in [-0.3, -0.25) is 9.20 Å². The van der Waals surface area contributed by atoms with Crippen LogP contribution in [0, 0.1) is 5.92 Å². The van der Waals surface area contributed by atoms with Crippen molar-refractivity contribution in [3.05, 3.63) is 83.5 Å². The van der Waals surface area contributed by atoms with Gasteiger partial charge in [0.25, 0.3) is 0 Å². The van der Waals surface area contributed by atoms with Crippen molar-refractivity contribution in [1.29, 1.82) is 0 Å². The smallest absolute Gasteiger partial charge is 0.308 e. The molecular weight excluding hydrogens is 426 g/mol. The van der Waals surface area contributed by atoms with E-state index in [1.165, 1.54) is 7.11 Å². The SMILES string of the molecule is COC(=O)[C@H]1C[C@@H](c2nc(-c3cccc(OCc4ccccc4)c3)c3c(Cl)nccn32)C1. The summed E-state index contributed by atoms with van der Waals surface area (Å²) in [5, 5.41) is 0.390. The van der Waals surface area contributed by atoms with Crippen LogP contribution in [-0.2, 0) is 16.1 Å². The zero-order valence-electron chi connectivity index (χ0n) is 17.6. The Labute approximate surface area is 190 Å². The summed E-state index contributed by atoms with van der Waals surface area (Å²) in [6.07, 6.45) is 4.96. The molecule has 2 heterocycles. The number of halogens is 1. The number of ether oxygens (including phenoxy) is 2. The van der Waals surface area contributed by atoms with Crippen molar-refractivity contribution >= 4 is 23.1 Å². The summed E-state index contributed by atoms with van der Waals surface area (Å²) in [4.78, 5) is 21.0. The van der Waals surface area contributed by atoms with Gasteiger partial charge in [-0.25, -0.2) is 9.97 Å². The number of hydrogen-bond acceptors (Lipinski definition) is 5. The molecule has 0 bridgehead atoms. The van der Waals surface area contributed by atoms with Crippen LogP contribution in [0.4, 0.5) is 0 Å². The molecule has 0 spiro atoms. The second-order valence-corrected chi connectivity index (χ2v) is 8.30. The Morgan fingerprint density at radius 2 is 1.97 bits per heavy atom. The number of carbonyl (C=O) groups is 1. The van der Waals surface area contributed by atoms with Gasteiger partial charge in [-0.15, -0.1) is 0 Å². The molecule has 6 nitrogen and oxygen atoms in total. The Hall–Kier alpha value is -3.38. The second kappa shape index (κ2) is 8.63. The molecule has 1 saturated carbocycles. The lowest BCUT2D eigenvalue weighted by atomic mass is 9.74. The van der Waals surface area contributed by atoms with Gasteiger partial charge in [0.2, 0.25) is 0 Å². The van der Waals surface area contributed by atoms with Crippen LogP contribution in [0.1, 0.15) is 30.1 Å². The minimum Gasteiger partial charge on any atom is -0.489 e. The topological polar surface area (TPSA) is 65.7 Å². The minimum atomic E-state index is -0.162. The van der Waals surface area contributed by atoms with Crippen molar-refractivity contribution in [2.75, 3.05) is 7.11 Å². The first-order valence-electron chi connectivity index (χ1n) is 10.5. The molecule has 0 unspecified atom stereocenters. The van der Waals surface area contributed by atoms with E-state index in [0.717, 1.165) is 33.9 Å². The third-order valence-electron chi connectivity index (χ3n) is 5.93. The van der Waals surface area contributed by atoms with E-state index in [1.807, 2.05) is 65.2 Å². The zero-order chi connectivity index (χ0) is 22.1. The molecule has 1 fully saturated rings. The fourth-order valence-corrected chi connectivity index (χ4v) is 4.41. The predicted molar refractivity (Wildman–Crippen MR) is 122 cm³/mol. The highest BCUT2D eigenvalue weighted by molar-refractivity contribution is 6.33. The van der Waals surface area contributed by atoms with Gasteiger partial charge in [0, 0.05) is 23.9 Å². The first kappa shape index (κ1) is 20.5. The van der Waals surface area contributed by atoms with Crippen molar-refractivity contribution in [2.45, 2.75) is 25.4 Å². The largest absolute Gasteiger partial charge is 0.489 e. The molecule has 0 aliphatic heterocycles. The Morgan fingerprint density at radius 1 is 1.16 bits per heavy atom. The number of esters is 1. The fourth-order valence-electron chi connectivity index (χ4n) is 4.18. The van der Waals surface area contributed by atoms with E-state index in [9.17, 15) is 4.79 Å². The van der Waals surface area contributed by atoms with E-state index in [0.29, 0.717) is 24.6 Å². The Kier molecular flexibility index (Phi) is 5.53. The average molecular weight is 448 g/mol. The lowest BCUT2D eigenvalue weighted by Crippen LogP contribution is -2.31. The third kappa shape index (κ3) is 3.82. The number of carbonyl (C=O) groups excluding carboxylic acids is 1. The first-order valence-corrected chi connectivity index (χ1v) is 10.9. The fraction of sp³-hybridized carbons (Fsp3) is 0.240. The molecule has 2 aromatic carbocycles. The molecule has 0 N–H and O–H groups in total. The van der Waals surface area contributed by atoms with Gasteiger partial charge < -0.3 is 9.47 Å². The maximum Gasteiger partial charge on any atom is 0.308 e. The molecule has 32 heavy (non-hydrogen) atoms. The highest BCUT2D eigenvalue weighted by Crippen LogP contribution is 2.43. The van der Waals surface area contributed by atoms with E-state index in [4.69, 9.17) is 26.1 Å². The molecule has 0 saturated heterocycles. The lowest BCUT2D eigenvalue weighted by molar-refractivity contribution is -0.149. The number of rotatable bonds is 6. The lowest BCUT2D eigenvalue weighted by Gasteiger charge is -2.32. The summed E-state index contributed by atoms with van der Waals surface area (Å²) >= 11 is 6.50. The predicted octanol–water partition coefficient (Wildman–Crippen LogP) is 5.30. The minimum absolute atomic E-state index is 0.0761. The van der Waals surface area contributed by atoms with Crippen molar-refractivity contribution in [1.82, 2.24) is 14.4 Å². The van der Waals surface area contributed by atoms with E-state index in [1.54, 1.807) is 6.20 Å². The second-order valence-electron chi connectivity index (χ2n) is 7.95. The molecule has 2 aromatic heterocycles. The van der Waals surface area contributed by atoms with Gasteiger partial charge in [0.1, 0.15) is 23.7 Å². The number of aromatic nitrogens is 3. The van der Waals surface area contributed by atoms with Crippen LogP contribution < -0.4 is 4.74 Å². The Bertz CT molecular complexity index is 1270. The summed E-state index contributed by atoms with van der Waals surface area (Å²) in [7, 11) is 1.43. The van der Waals surface area contributed by atoms with E-state index in [2.05, 4.69) is 4.98 Å². The van der Waals surface area contributed by atoms with Gasteiger partial charge in [-0.2, -0.15) is 0 Å². The molecule has 0 atom stereocenters. The van der Waals surface area contributed by atoms with Crippen molar-refractivity contribution in [3.63, 3.8) is 0 Å². The van der Waals surface area contributed by atoms with E-state index >= 15 is 0 Å². The molecule has 0 radical (unpaired) electrons. The first-order chi connectivity index (χ1) is 15.6.